The lowest BCUT2D eigenvalue weighted by Crippen LogP contribution is -2.56. The zero-order valence-electron chi connectivity index (χ0n) is 9.72. The van der Waals surface area contributed by atoms with Crippen LogP contribution in [-0.4, -0.2) is 52.6 Å². The molecule has 2 amide bonds. The van der Waals surface area contributed by atoms with Crippen LogP contribution in [-0.2, 0) is 4.79 Å². The number of carboxylic acids is 1. The van der Waals surface area contributed by atoms with Gasteiger partial charge in [-0.3, -0.25) is 4.79 Å². The lowest BCUT2D eigenvalue weighted by atomic mass is 9.97. The van der Waals surface area contributed by atoms with E-state index in [1.54, 1.807) is 4.90 Å². The SMILES string of the molecule is O=C(O)CC1CN(C(=O)NC2CCCSC2)C1. The van der Waals surface area contributed by atoms with Gasteiger partial charge < -0.3 is 15.3 Å². The number of rotatable bonds is 3. The Kier molecular flexibility index (Phi) is 4.15. The second kappa shape index (κ2) is 5.62. The fraction of sp³-hybridized carbons (Fsp3) is 0.818. The summed E-state index contributed by atoms with van der Waals surface area (Å²) < 4.78 is 0. The van der Waals surface area contributed by atoms with Crippen LogP contribution in [0.15, 0.2) is 0 Å². The Bertz CT molecular complexity index is 299. The summed E-state index contributed by atoms with van der Waals surface area (Å²) in [5.41, 5.74) is 0. The van der Waals surface area contributed by atoms with Crippen LogP contribution in [0, 0.1) is 5.92 Å². The Hall–Kier alpha value is -0.910. The van der Waals surface area contributed by atoms with E-state index in [-0.39, 0.29) is 18.4 Å². The van der Waals surface area contributed by atoms with Crippen molar-refractivity contribution in [2.75, 3.05) is 24.6 Å². The molecule has 0 aromatic heterocycles. The van der Waals surface area contributed by atoms with Gasteiger partial charge in [0.25, 0.3) is 0 Å². The monoisotopic (exact) mass is 258 g/mol. The molecule has 2 fully saturated rings. The highest BCUT2D eigenvalue weighted by molar-refractivity contribution is 7.99. The molecule has 2 aliphatic heterocycles. The fourth-order valence-corrected chi connectivity index (χ4v) is 3.30. The van der Waals surface area contributed by atoms with Crippen LogP contribution in [0.5, 0.6) is 0 Å². The summed E-state index contributed by atoms with van der Waals surface area (Å²) in [5, 5.41) is 11.6. The maximum atomic E-state index is 11.8. The van der Waals surface area contributed by atoms with E-state index in [9.17, 15) is 9.59 Å². The Morgan fingerprint density at radius 1 is 1.41 bits per heavy atom. The van der Waals surface area contributed by atoms with Gasteiger partial charge in [0.05, 0.1) is 6.42 Å². The minimum Gasteiger partial charge on any atom is -0.481 e. The first-order valence-electron chi connectivity index (χ1n) is 6.00. The van der Waals surface area contributed by atoms with Crippen LogP contribution in [0.25, 0.3) is 0 Å². The highest BCUT2D eigenvalue weighted by Crippen LogP contribution is 2.21. The fourth-order valence-electron chi connectivity index (χ4n) is 2.23. The third kappa shape index (κ3) is 3.52. The molecular weight excluding hydrogens is 240 g/mol. The van der Waals surface area contributed by atoms with Crippen molar-refractivity contribution in [3.63, 3.8) is 0 Å². The van der Waals surface area contributed by atoms with E-state index in [0.29, 0.717) is 19.1 Å². The van der Waals surface area contributed by atoms with Crippen molar-refractivity contribution in [2.24, 2.45) is 5.92 Å². The summed E-state index contributed by atoms with van der Waals surface area (Å²) in [6.07, 6.45) is 2.39. The first-order valence-corrected chi connectivity index (χ1v) is 7.15. The van der Waals surface area contributed by atoms with Crippen molar-refractivity contribution in [3.05, 3.63) is 0 Å². The predicted molar refractivity (Wildman–Crippen MR) is 66.2 cm³/mol. The number of nitrogens with zero attached hydrogens (tertiary/aromatic N) is 1. The lowest BCUT2D eigenvalue weighted by Gasteiger charge is -2.39. The van der Waals surface area contributed by atoms with E-state index in [4.69, 9.17) is 5.11 Å². The van der Waals surface area contributed by atoms with E-state index >= 15 is 0 Å². The molecule has 0 spiro atoms. The molecule has 2 saturated heterocycles. The Morgan fingerprint density at radius 3 is 2.76 bits per heavy atom. The second-order valence-corrected chi connectivity index (χ2v) is 5.88. The largest absolute Gasteiger partial charge is 0.481 e. The van der Waals surface area contributed by atoms with Crippen molar-refractivity contribution < 1.29 is 14.7 Å². The molecule has 2 heterocycles. The zero-order chi connectivity index (χ0) is 12.3. The minimum absolute atomic E-state index is 0.0286. The molecule has 0 aromatic rings. The number of carbonyl (C=O) groups is 2. The van der Waals surface area contributed by atoms with Gasteiger partial charge in [-0.05, 0) is 18.6 Å². The molecule has 96 valence electrons. The molecule has 1 unspecified atom stereocenters. The molecule has 6 heteroatoms. The van der Waals surface area contributed by atoms with E-state index in [1.807, 2.05) is 11.8 Å². The summed E-state index contributed by atoms with van der Waals surface area (Å²) in [6.45, 7) is 1.16. The van der Waals surface area contributed by atoms with Crippen molar-refractivity contribution in [1.29, 1.82) is 0 Å². The van der Waals surface area contributed by atoms with Crippen LogP contribution in [0.2, 0.25) is 0 Å². The zero-order valence-corrected chi connectivity index (χ0v) is 10.5. The van der Waals surface area contributed by atoms with Gasteiger partial charge in [0.15, 0.2) is 0 Å². The van der Waals surface area contributed by atoms with Gasteiger partial charge in [-0.25, -0.2) is 4.79 Å². The average molecular weight is 258 g/mol. The summed E-state index contributed by atoms with van der Waals surface area (Å²) in [4.78, 5) is 24.0. The molecule has 2 N–H and O–H groups in total. The van der Waals surface area contributed by atoms with Gasteiger partial charge in [0.1, 0.15) is 0 Å². The van der Waals surface area contributed by atoms with Crippen LogP contribution >= 0.6 is 11.8 Å². The number of carbonyl (C=O) groups excluding carboxylic acids is 1. The molecule has 2 rings (SSSR count). The number of hydrogen-bond acceptors (Lipinski definition) is 3. The van der Waals surface area contributed by atoms with Gasteiger partial charge >= 0.3 is 12.0 Å². The molecule has 0 radical (unpaired) electrons. The highest BCUT2D eigenvalue weighted by atomic mass is 32.2. The standard InChI is InChI=1S/C11H18N2O3S/c14-10(15)4-8-5-13(6-8)11(16)12-9-2-1-3-17-7-9/h8-9H,1-7H2,(H,12,16)(H,14,15). The Labute approximate surface area is 105 Å². The van der Waals surface area contributed by atoms with Crippen LogP contribution < -0.4 is 5.32 Å². The topological polar surface area (TPSA) is 69.6 Å². The third-order valence-corrected chi connectivity index (χ3v) is 4.41. The summed E-state index contributed by atoms with van der Waals surface area (Å²) in [5.74, 6) is 1.55. The molecule has 2 aliphatic rings. The van der Waals surface area contributed by atoms with Crippen LogP contribution in [0.1, 0.15) is 19.3 Å². The molecule has 17 heavy (non-hydrogen) atoms. The molecule has 0 saturated carbocycles. The van der Waals surface area contributed by atoms with Crippen LogP contribution in [0.3, 0.4) is 0 Å². The van der Waals surface area contributed by atoms with Crippen molar-refractivity contribution >= 4 is 23.8 Å². The van der Waals surface area contributed by atoms with E-state index in [0.717, 1.165) is 18.6 Å². The molecule has 0 bridgehead atoms. The number of hydrogen-bond donors (Lipinski definition) is 2. The number of aliphatic carboxylic acids is 1. The maximum absolute atomic E-state index is 11.8. The van der Waals surface area contributed by atoms with Gasteiger partial charge in [-0.2, -0.15) is 11.8 Å². The normalized spacial score (nSPS) is 25.2. The number of thioether (sulfide) groups is 1. The predicted octanol–water partition coefficient (Wildman–Crippen LogP) is 0.998. The van der Waals surface area contributed by atoms with Crippen LogP contribution in [0.4, 0.5) is 4.79 Å². The summed E-state index contributed by atoms with van der Waals surface area (Å²) in [6, 6.07) is 0.263. The maximum Gasteiger partial charge on any atom is 0.317 e. The molecule has 5 nitrogen and oxygen atoms in total. The lowest BCUT2D eigenvalue weighted by molar-refractivity contribution is -0.139. The first-order chi connectivity index (χ1) is 8.15. The van der Waals surface area contributed by atoms with Gasteiger partial charge in [0, 0.05) is 30.8 Å². The first kappa shape index (κ1) is 12.5. The Balaban J connectivity index is 1.66. The third-order valence-electron chi connectivity index (χ3n) is 3.20. The molecule has 0 aliphatic carbocycles. The number of carboxylic acid groups (broad SMARTS) is 1. The van der Waals surface area contributed by atoms with Crippen molar-refractivity contribution in [3.8, 4) is 0 Å². The van der Waals surface area contributed by atoms with E-state index in [2.05, 4.69) is 5.32 Å². The number of likely N-dealkylation sites (tertiary alicyclic amines) is 1. The minimum atomic E-state index is -0.779. The van der Waals surface area contributed by atoms with Gasteiger partial charge in [-0.1, -0.05) is 0 Å². The number of amides is 2. The number of nitrogens with one attached hydrogen (secondary N) is 1. The summed E-state index contributed by atoms with van der Waals surface area (Å²) in [7, 11) is 0. The second-order valence-electron chi connectivity index (χ2n) is 4.73. The van der Waals surface area contributed by atoms with Crippen molar-refractivity contribution in [1.82, 2.24) is 10.2 Å². The molecule has 0 aromatic carbocycles. The molecule has 1 atom stereocenters. The van der Waals surface area contributed by atoms with Gasteiger partial charge in [-0.15, -0.1) is 0 Å². The highest BCUT2D eigenvalue weighted by Gasteiger charge is 2.32. The van der Waals surface area contributed by atoms with Crippen molar-refractivity contribution in [2.45, 2.75) is 25.3 Å². The average Bonchev–Trinajstić information content (AvgIpc) is 2.23. The van der Waals surface area contributed by atoms with E-state index in [1.165, 1.54) is 5.75 Å². The van der Waals surface area contributed by atoms with Gasteiger partial charge in [0.2, 0.25) is 0 Å². The smallest absolute Gasteiger partial charge is 0.317 e. The summed E-state index contributed by atoms with van der Waals surface area (Å²) >= 11 is 1.88. The number of urea groups is 1. The Morgan fingerprint density at radius 2 is 2.18 bits per heavy atom. The van der Waals surface area contributed by atoms with E-state index < -0.39 is 5.97 Å². The molecular formula is C11H18N2O3S. The quantitative estimate of drug-likeness (QED) is 0.792.